The van der Waals surface area contributed by atoms with Gasteiger partial charge in [-0.15, -0.1) is 0 Å². The molecule has 2 aromatic carbocycles. The molecule has 1 N–H and O–H groups in total. The van der Waals surface area contributed by atoms with Gasteiger partial charge in [0.05, 0.1) is 6.42 Å². The van der Waals surface area contributed by atoms with E-state index in [1.807, 2.05) is 32.0 Å². The third-order valence-electron chi connectivity index (χ3n) is 6.31. The largest absolute Gasteiger partial charge is 0.352 e. The van der Waals surface area contributed by atoms with Crippen LogP contribution in [0, 0.1) is 19.7 Å². The molecular formula is C26H33FN2O2. The van der Waals surface area contributed by atoms with Gasteiger partial charge in [-0.1, -0.05) is 49.6 Å². The number of rotatable bonds is 7. The molecule has 2 aromatic rings. The normalized spacial score (nSPS) is 15.4. The number of nitrogens with one attached hydrogen (secondary N) is 1. The van der Waals surface area contributed by atoms with E-state index in [9.17, 15) is 14.0 Å². The highest BCUT2D eigenvalue weighted by molar-refractivity contribution is 5.88. The summed E-state index contributed by atoms with van der Waals surface area (Å²) in [6.45, 7) is 6.11. The summed E-state index contributed by atoms with van der Waals surface area (Å²) in [4.78, 5) is 27.9. The quantitative estimate of drug-likeness (QED) is 0.691. The molecular weight excluding hydrogens is 391 g/mol. The Balaban J connectivity index is 1.76. The molecule has 1 atom stereocenters. The minimum absolute atomic E-state index is 0.112. The van der Waals surface area contributed by atoms with Crippen LogP contribution in [-0.2, 0) is 22.6 Å². The summed E-state index contributed by atoms with van der Waals surface area (Å²) in [5.74, 6) is -0.554. The SMILES string of the molecule is Cc1ccc(CC(=O)N(Cc2ccc(F)cc2)[C@H](C)C(=O)NC2CCCCC2)cc1C. The third-order valence-corrected chi connectivity index (χ3v) is 6.31. The Hall–Kier alpha value is -2.69. The first kappa shape index (κ1) is 23.0. The maximum atomic E-state index is 13.3. The molecule has 0 spiro atoms. The minimum Gasteiger partial charge on any atom is -0.352 e. The van der Waals surface area contributed by atoms with Crippen molar-refractivity contribution < 1.29 is 14.0 Å². The molecule has 1 aliphatic rings. The standard InChI is InChI=1S/C26H33FN2O2/c1-18-9-10-22(15-19(18)2)16-25(30)29(17-21-11-13-23(27)14-12-21)20(3)26(31)28-24-7-5-4-6-8-24/h9-15,20,24H,4-8,16-17H2,1-3H3,(H,28,31)/t20-/m1/s1. The molecule has 0 heterocycles. The second kappa shape index (κ2) is 10.6. The smallest absolute Gasteiger partial charge is 0.242 e. The van der Waals surface area contributed by atoms with Crippen molar-refractivity contribution in [3.63, 3.8) is 0 Å². The van der Waals surface area contributed by atoms with Gasteiger partial charge in [0, 0.05) is 12.6 Å². The fourth-order valence-electron chi connectivity index (χ4n) is 4.13. The van der Waals surface area contributed by atoms with Crippen LogP contribution in [0.15, 0.2) is 42.5 Å². The molecule has 0 radical (unpaired) electrons. The number of carbonyl (C=O) groups excluding carboxylic acids is 2. The van der Waals surface area contributed by atoms with Crippen molar-refractivity contribution in [3.05, 3.63) is 70.5 Å². The fraction of sp³-hybridized carbons (Fsp3) is 0.462. The molecule has 31 heavy (non-hydrogen) atoms. The Kier molecular flexibility index (Phi) is 7.83. The average molecular weight is 425 g/mol. The van der Waals surface area contributed by atoms with Crippen LogP contribution >= 0.6 is 0 Å². The van der Waals surface area contributed by atoms with Crippen LogP contribution in [-0.4, -0.2) is 28.8 Å². The zero-order chi connectivity index (χ0) is 22.4. The van der Waals surface area contributed by atoms with Gasteiger partial charge >= 0.3 is 0 Å². The summed E-state index contributed by atoms with van der Waals surface area (Å²) >= 11 is 0. The molecule has 0 aliphatic heterocycles. The van der Waals surface area contributed by atoms with Crippen LogP contribution in [0.4, 0.5) is 4.39 Å². The second-order valence-corrected chi connectivity index (χ2v) is 8.76. The third kappa shape index (κ3) is 6.39. The molecule has 4 nitrogen and oxygen atoms in total. The lowest BCUT2D eigenvalue weighted by atomic mass is 9.95. The molecule has 0 unspecified atom stereocenters. The Morgan fingerprint density at radius 3 is 2.29 bits per heavy atom. The number of halogens is 1. The Morgan fingerprint density at radius 2 is 1.65 bits per heavy atom. The number of hydrogen-bond donors (Lipinski definition) is 1. The monoisotopic (exact) mass is 424 g/mol. The van der Waals surface area contributed by atoms with E-state index >= 15 is 0 Å². The van der Waals surface area contributed by atoms with E-state index in [2.05, 4.69) is 5.32 Å². The lowest BCUT2D eigenvalue weighted by Crippen LogP contribution is -2.50. The molecule has 0 saturated heterocycles. The van der Waals surface area contributed by atoms with E-state index in [1.165, 1.54) is 24.1 Å². The zero-order valence-corrected chi connectivity index (χ0v) is 18.8. The van der Waals surface area contributed by atoms with Gasteiger partial charge in [0.15, 0.2) is 0 Å². The van der Waals surface area contributed by atoms with Gasteiger partial charge in [-0.3, -0.25) is 9.59 Å². The van der Waals surface area contributed by atoms with Crippen molar-refractivity contribution in [1.29, 1.82) is 0 Å². The van der Waals surface area contributed by atoms with Crippen LogP contribution in [0.25, 0.3) is 0 Å². The van der Waals surface area contributed by atoms with E-state index in [-0.39, 0.29) is 36.6 Å². The Morgan fingerprint density at radius 1 is 1.00 bits per heavy atom. The molecule has 166 valence electrons. The van der Waals surface area contributed by atoms with E-state index < -0.39 is 6.04 Å². The number of carbonyl (C=O) groups is 2. The highest BCUT2D eigenvalue weighted by atomic mass is 19.1. The highest BCUT2D eigenvalue weighted by Crippen LogP contribution is 2.19. The number of benzene rings is 2. The maximum Gasteiger partial charge on any atom is 0.242 e. The van der Waals surface area contributed by atoms with E-state index in [1.54, 1.807) is 24.0 Å². The summed E-state index contributed by atoms with van der Waals surface area (Å²) in [5, 5.41) is 3.14. The van der Waals surface area contributed by atoms with Gasteiger partial charge in [-0.25, -0.2) is 4.39 Å². The van der Waals surface area contributed by atoms with Gasteiger partial charge in [0.25, 0.3) is 0 Å². The van der Waals surface area contributed by atoms with E-state index in [4.69, 9.17) is 0 Å². The molecule has 1 aliphatic carbocycles. The van der Waals surface area contributed by atoms with E-state index in [0.29, 0.717) is 0 Å². The van der Waals surface area contributed by atoms with Crippen LogP contribution in [0.5, 0.6) is 0 Å². The Labute approximate surface area is 184 Å². The van der Waals surface area contributed by atoms with Gasteiger partial charge in [0.1, 0.15) is 11.9 Å². The van der Waals surface area contributed by atoms with Gasteiger partial charge in [-0.05, 0) is 68.0 Å². The van der Waals surface area contributed by atoms with Gasteiger partial charge in [0.2, 0.25) is 11.8 Å². The van der Waals surface area contributed by atoms with Crippen LogP contribution in [0.1, 0.15) is 61.3 Å². The van der Waals surface area contributed by atoms with Gasteiger partial charge in [-0.2, -0.15) is 0 Å². The summed E-state index contributed by atoms with van der Waals surface area (Å²) in [7, 11) is 0. The minimum atomic E-state index is -0.606. The molecule has 3 rings (SSSR count). The fourth-order valence-corrected chi connectivity index (χ4v) is 4.13. The predicted molar refractivity (Wildman–Crippen MR) is 121 cm³/mol. The number of nitrogens with zero attached hydrogens (tertiary/aromatic N) is 1. The van der Waals surface area contributed by atoms with Crippen molar-refractivity contribution in [2.75, 3.05) is 0 Å². The van der Waals surface area contributed by atoms with Crippen molar-refractivity contribution in [2.45, 2.75) is 77.9 Å². The molecule has 5 heteroatoms. The number of amides is 2. The first-order valence-electron chi connectivity index (χ1n) is 11.2. The number of aryl methyl sites for hydroxylation is 2. The zero-order valence-electron chi connectivity index (χ0n) is 18.8. The topological polar surface area (TPSA) is 49.4 Å². The van der Waals surface area contributed by atoms with Crippen molar-refractivity contribution in [3.8, 4) is 0 Å². The van der Waals surface area contributed by atoms with Crippen LogP contribution in [0.3, 0.4) is 0 Å². The maximum absolute atomic E-state index is 13.3. The van der Waals surface area contributed by atoms with Crippen molar-refractivity contribution in [2.24, 2.45) is 0 Å². The summed E-state index contributed by atoms with van der Waals surface area (Å²) in [5.41, 5.74) is 4.04. The van der Waals surface area contributed by atoms with E-state index in [0.717, 1.165) is 42.4 Å². The summed E-state index contributed by atoms with van der Waals surface area (Å²) < 4.78 is 13.3. The number of hydrogen-bond acceptors (Lipinski definition) is 2. The predicted octanol–water partition coefficient (Wildman–Crippen LogP) is 4.85. The molecule has 0 bridgehead atoms. The first-order chi connectivity index (χ1) is 14.8. The molecule has 1 fully saturated rings. The average Bonchev–Trinajstić information content (AvgIpc) is 2.76. The molecule has 1 saturated carbocycles. The molecule has 0 aromatic heterocycles. The first-order valence-corrected chi connectivity index (χ1v) is 11.2. The van der Waals surface area contributed by atoms with Crippen LogP contribution < -0.4 is 5.32 Å². The lowest BCUT2D eigenvalue weighted by molar-refractivity contribution is -0.140. The second-order valence-electron chi connectivity index (χ2n) is 8.76. The van der Waals surface area contributed by atoms with Crippen molar-refractivity contribution >= 4 is 11.8 Å². The van der Waals surface area contributed by atoms with Crippen molar-refractivity contribution in [1.82, 2.24) is 10.2 Å². The van der Waals surface area contributed by atoms with Gasteiger partial charge < -0.3 is 10.2 Å². The molecule has 2 amide bonds. The lowest BCUT2D eigenvalue weighted by Gasteiger charge is -2.31. The summed E-state index contributed by atoms with van der Waals surface area (Å²) in [6.07, 6.45) is 5.69. The summed E-state index contributed by atoms with van der Waals surface area (Å²) in [6, 6.07) is 11.7. The highest BCUT2D eigenvalue weighted by Gasteiger charge is 2.28. The Bertz CT molecular complexity index is 904. The van der Waals surface area contributed by atoms with Crippen LogP contribution in [0.2, 0.25) is 0 Å².